The zero-order valence-corrected chi connectivity index (χ0v) is 14.6. The molecular formula is C14H26N2O6S. The highest BCUT2D eigenvalue weighted by molar-refractivity contribution is 7.90. The second-order valence-corrected chi connectivity index (χ2v) is 8.62. The van der Waals surface area contributed by atoms with Gasteiger partial charge in [0, 0.05) is 13.1 Å². The summed E-state index contributed by atoms with van der Waals surface area (Å²) >= 11 is 0. The Balaban J connectivity index is 2.32. The Morgan fingerprint density at radius 2 is 1.87 bits per heavy atom. The average molecular weight is 350 g/mol. The molecule has 1 amide bonds. The number of ether oxygens (including phenoxy) is 1. The van der Waals surface area contributed by atoms with E-state index in [4.69, 9.17) is 9.84 Å². The Hall–Kier alpha value is -1.35. The predicted octanol–water partition coefficient (Wildman–Crippen LogP) is 1.07. The van der Waals surface area contributed by atoms with E-state index in [-0.39, 0.29) is 13.1 Å². The van der Waals surface area contributed by atoms with Crippen LogP contribution in [0.3, 0.4) is 0 Å². The molecule has 0 saturated heterocycles. The third-order valence-corrected chi connectivity index (χ3v) is 5.46. The third-order valence-electron chi connectivity index (χ3n) is 3.49. The number of carboxylic acids is 1. The minimum Gasteiger partial charge on any atom is -0.481 e. The fraction of sp³-hybridized carbons (Fsp3) is 0.857. The van der Waals surface area contributed by atoms with Gasteiger partial charge < -0.3 is 15.2 Å². The van der Waals surface area contributed by atoms with Crippen LogP contribution < -0.4 is 10.0 Å². The first kappa shape index (κ1) is 19.7. The number of carbonyl (C=O) groups excluding carboxylic acids is 1. The van der Waals surface area contributed by atoms with Crippen molar-refractivity contribution in [3.63, 3.8) is 0 Å². The van der Waals surface area contributed by atoms with Crippen molar-refractivity contribution in [1.29, 1.82) is 0 Å². The van der Waals surface area contributed by atoms with Gasteiger partial charge in [-0.3, -0.25) is 4.79 Å². The van der Waals surface area contributed by atoms with E-state index < -0.39 is 38.9 Å². The lowest BCUT2D eigenvalue weighted by molar-refractivity contribution is -0.141. The first-order chi connectivity index (χ1) is 10.5. The van der Waals surface area contributed by atoms with Gasteiger partial charge in [0.2, 0.25) is 10.0 Å². The molecule has 1 aliphatic rings. The maximum absolute atomic E-state index is 12.1. The molecule has 9 heteroatoms. The topological polar surface area (TPSA) is 122 Å². The van der Waals surface area contributed by atoms with Crippen LogP contribution in [0, 0.1) is 5.92 Å². The molecule has 1 fully saturated rings. The van der Waals surface area contributed by atoms with E-state index in [0.29, 0.717) is 25.7 Å². The molecule has 0 radical (unpaired) electrons. The average Bonchev–Trinajstić information content (AvgIpc) is 2.86. The molecule has 0 heterocycles. The second kappa shape index (κ2) is 7.96. The molecule has 23 heavy (non-hydrogen) atoms. The lowest BCUT2D eigenvalue weighted by Crippen LogP contribution is -2.40. The SMILES string of the molecule is CC(C)(C)OC(=O)NCCCNS(=O)(=O)C1CCCC1C(=O)O. The van der Waals surface area contributed by atoms with Crippen LogP contribution in [0.15, 0.2) is 0 Å². The minimum absolute atomic E-state index is 0.140. The van der Waals surface area contributed by atoms with Crippen molar-refractivity contribution in [2.24, 2.45) is 5.92 Å². The summed E-state index contributed by atoms with van der Waals surface area (Å²) in [6.07, 6.45) is 1.19. The van der Waals surface area contributed by atoms with E-state index in [1.807, 2.05) is 0 Å². The first-order valence-electron chi connectivity index (χ1n) is 7.71. The highest BCUT2D eigenvalue weighted by Crippen LogP contribution is 2.30. The van der Waals surface area contributed by atoms with Crippen molar-refractivity contribution in [3.8, 4) is 0 Å². The number of amides is 1. The molecular weight excluding hydrogens is 324 g/mol. The number of rotatable bonds is 7. The van der Waals surface area contributed by atoms with Crippen LogP contribution in [-0.4, -0.2) is 49.5 Å². The van der Waals surface area contributed by atoms with Crippen molar-refractivity contribution in [2.75, 3.05) is 13.1 Å². The molecule has 134 valence electrons. The Morgan fingerprint density at radius 1 is 1.22 bits per heavy atom. The van der Waals surface area contributed by atoms with Crippen molar-refractivity contribution in [3.05, 3.63) is 0 Å². The first-order valence-corrected chi connectivity index (χ1v) is 9.26. The van der Waals surface area contributed by atoms with E-state index in [1.165, 1.54) is 0 Å². The summed E-state index contributed by atoms with van der Waals surface area (Å²) in [4.78, 5) is 22.5. The van der Waals surface area contributed by atoms with Gasteiger partial charge in [0.1, 0.15) is 5.60 Å². The van der Waals surface area contributed by atoms with Gasteiger partial charge >= 0.3 is 12.1 Å². The van der Waals surface area contributed by atoms with Gasteiger partial charge in [-0.2, -0.15) is 0 Å². The summed E-state index contributed by atoms with van der Waals surface area (Å²) in [7, 11) is -3.66. The van der Waals surface area contributed by atoms with E-state index in [1.54, 1.807) is 20.8 Å². The highest BCUT2D eigenvalue weighted by Gasteiger charge is 2.41. The summed E-state index contributed by atoms with van der Waals surface area (Å²) < 4.78 is 31.8. The quantitative estimate of drug-likeness (QED) is 0.591. The van der Waals surface area contributed by atoms with Crippen molar-refractivity contribution in [1.82, 2.24) is 10.0 Å². The Bertz CT molecular complexity index is 526. The molecule has 1 aliphatic carbocycles. The summed E-state index contributed by atoms with van der Waals surface area (Å²) in [5, 5.41) is 10.7. The molecule has 0 aromatic carbocycles. The van der Waals surface area contributed by atoms with Crippen LogP contribution in [0.4, 0.5) is 4.79 Å². The molecule has 8 nitrogen and oxygen atoms in total. The summed E-state index contributed by atoms with van der Waals surface area (Å²) in [5.74, 6) is -1.91. The molecule has 0 spiro atoms. The van der Waals surface area contributed by atoms with Gasteiger partial charge in [0.15, 0.2) is 0 Å². The van der Waals surface area contributed by atoms with Crippen molar-refractivity contribution in [2.45, 2.75) is 57.3 Å². The number of aliphatic carboxylic acids is 1. The fourth-order valence-corrected chi connectivity index (χ4v) is 4.30. The normalized spacial score (nSPS) is 21.9. The lowest BCUT2D eigenvalue weighted by atomic mass is 10.1. The van der Waals surface area contributed by atoms with Crippen LogP contribution >= 0.6 is 0 Å². The van der Waals surface area contributed by atoms with Crippen LogP contribution in [0.1, 0.15) is 46.5 Å². The molecule has 2 atom stereocenters. The third kappa shape index (κ3) is 6.74. The zero-order chi connectivity index (χ0) is 17.7. The maximum Gasteiger partial charge on any atom is 0.407 e. The number of nitrogens with one attached hydrogen (secondary N) is 2. The maximum atomic E-state index is 12.1. The van der Waals surface area contributed by atoms with Crippen LogP contribution in [0.25, 0.3) is 0 Å². The Kier molecular flexibility index (Phi) is 6.82. The number of carboxylic acid groups (broad SMARTS) is 1. The molecule has 0 bridgehead atoms. The van der Waals surface area contributed by atoms with Gasteiger partial charge in [0.05, 0.1) is 11.2 Å². The summed E-state index contributed by atoms with van der Waals surface area (Å²) in [6, 6.07) is 0. The number of hydrogen-bond acceptors (Lipinski definition) is 5. The largest absolute Gasteiger partial charge is 0.481 e. The van der Waals surface area contributed by atoms with E-state index >= 15 is 0 Å². The number of sulfonamides is 1. The van der Waals surface area contributed by atoms with E-state index in [2.05, 4.69) is 10.0 Å². The van der Waals surface area contributed by atoms with Gasteiger partial charge in [0.25, 0.3) is 0 Å². The molecule has 1 rings (SSSR count). The molecule has 0 aromatic heterocycles. The summed E-state index contributed by atoms with van der Waals surface area (Å²) in [6.45, 7) is 5.66. The summed E-state index contributed by atoms with van der Waals surface area (Å²) in [5.41, 5.74) is -0.583. The molecule has 1 saturated carbocycles. The number of hydrogen-bond donors (Lipinski definition) is 3. The fourth-order valence-electron chi connectivity index (χ4n) is 2.49. The van der Waals surface area contributed by atoms with Crippen LogP contribution in [0.2, 0.25) is 0 Å². The van der Waals surface area contributed by atoms with Crippen molar-refractivity contribution < 1.29 is 27.9 Å². The van der Waals surface area contributed by atoms with Crippen LogP contribution in [0.5, 0.6) is 0 Å². The lowest BCUT2D eigenvalue weighted by Gasteiger charge is -2.20. The number of carbonyl (C=O) groups is 2. The van der Waals surface area contributed by atoms with Gasteiger partial charge in [-0.15, -0.1) is 0 Å². The predicted molar refractivity (Wildman–Crippen MR) is 84.5 cm³/mol. The second-order valence-electron chi connectivity index (χ2n) is 6.64. The molecule has 3 N–H and O–H groups in total. The van der Waals surface area contributed by atoms with Crippen LogP contribution in [-0.2, 0) is 19.6 Å². The van der Waals surface area contributed by atoms with E-state index in [9.17, 15) is 18.0 Å². The van der Waals surface area contributed by atoms with E-state index in [0.717, 1.165) is 0 Å². The smallest absolute Gasteiger partial charge is 0.407 e. The van der Waals surface area contributed by atoms with Crippen molar-refractivity contribution >= 4 is 22.1 Å². The number of alkyl carbamates (subject to hydrolysis) is 1. The molecule has 0 aliphatic heterocycles. The van der Waals surface area contributed by atoms with Gasteiger partial charge in [-0.05, 0) is 40.0 Å². The molecule has 2 unspecified atom stereocenters. The van der Waals surface area contributed by atoms with Gasteiger partial charge in [-0.25, -0.2) is 17.9 Å². The monoisotopic (exact) mass is 350 g/mol. The minimum atomic E-state index is -3.66. The Morgan fingerprint density at radius 3 is 2.43 bits per heavy atom. The van der Waals surface area contributed by atoms with Gasteiger partial charge in [-0.1, -0.05) is 6.42 Å². The molecule has 0 aromatic rings. The Labute approximate surface area is 137 Å². The standard InChI is InChI=1S/C14H26N2O6S/c1-14(2,3)22-13(19)15-8-5-9-16-23(20,21)11-7-4-6-10(11)12(17)18/h10-11,16H,4-9H2,1-3H3,(H,15,19)(H,17,18). The highest BCUT2D eigenvalue weighted by atomic mass is 32.2. The zero-order valence-electron chi connectivity index (χ0n) is 13.8.